The molecule has 0 unspecified atom stereocenters. The summed E-state index contributed by atoms with van der Waals surface area (Å²) in [4.78, 5) is 38.6. The van der Waals surface area contributed by atoms with E-state index in [1.54, 1.807) is 42.5 Å². The summed E-state index contributed by atoms with van der Waals surface area (Å²) >= 11 is 0. The van der Waals surface area contributed by atoms with E-state index in [9.17, 15) is 24.6 Å². The first kappa shape index (κ1) is 30.8. The summed E-state index contributed by atoms with van der Waals surface area (Å²) < 4.78 is 15.8. The zero-order chi connectivity index (χ0) is 32.2. The van der Waals surface area contributed by atoms with Crippen molar-refractivity contribution in [3.8, 4) is 11.5 Å². The summed E-state index contributed by atoms with van der Waals surface area (Å²) in [7, 11) is 0. The number of aryl methyl sites for hydroxylation is 1. The molecule has 1 aliphatic rings. The van der Waals surface area contributed by atoms with Gasteiger partial charge in [-0.1, -0.05) is 18.2 Å². The predicted molar refractivity (Wildman–Crippen MR) is 175 cm³/mol. The Kier molecular flexibility index (Phi) is 8.97. The van der Waals surface area contributed by atoms with Crippen molar-refractivity contribution in [2.45, 2.75) is 12.8 Å². The quantitative estimate of drug-likeness (QED) is 0.153. The number of amides is 1. The van der Waals surface area contributed by atoms with E-state index in [1.807, 2.05) is 23.1 Å². The summed E-state index contributed by atoms with van der Waals surface area (Å²) in [5.41, 5.74) is 1.32. The lowest BCUT2D eigenvalue weighted by Gasteiger charge is -2.25. The molecule has 0 atom stereocenters. The summed E-state index contributed by atoms with van der Waals surface area (Å²) in [6.45, 7) is 3.14. The molecule has 46 heavy (non-hydrogen) atoms. The Balaban J connectivity index is 0.000000167. The van der Waals surface area contributed by atoms with Gasteiger partial charge in [0.05, 0.1) is 30.5 Å². The summed E-state index contributed by atoms with van der Waals surface area (Å²) in [5.74, 6) is -0.0343. The summed E-state index contributed by atoms with van der Waals surface area (Å²) in [6, 6.07) is 20.2. The first-order valence-corrected chi connectivity index (χ1v) is 14.9. The molecular weight excluding hydrogens is 592 g/mol. The van der Waals surface area contributed by atoms with Crippen molar-refractivity contribution in [2.75, 3.05) is 44.8 Å². The minimum Gasteiger partial charge on any atom is -0.508 e. The number of fused-ring (bicyclic) bond motifs is 6. The van der Waals surface area contributed by atoms with Crippen molar-refractivity contribution in [1.29, 1.82) is 0 Å². The molecular formula is C35H32N2O9. The largest absolute Gasteiger partial charge is 0.508 e. The van der Waals surface area contributed by atoms with E-state index in [1.165, 1.54) is 12.1 Å². The SMILES string of the molecule is O=C(CN1CCOCC1)Nc1ccc2c(c1)c(=O)oc1cc(O)ccc12.O=c1oc2cc(O)ccc2c2ccc(CCCO)cc12. The maximum atomic E-state index is 12.3. The number of morpholine rings is 1. The van der Waals surface area contributed by atoms with Crippen molar-refractivity contribution in [2.24, 2.45) is 0 Å². The molecule has 11 heteroatoms. The maximum absolute atomic E-state index is 12.3. The van der Waals surface area contributed by atoms with Gasteiger partial charge in [0.25, 0.3) is 0 Å². The van der Waals surface area contributed by atoms with Crippen LogP contribution in [0.1, 0.15) is 12.0 Å². The summed E-state index contributed by atoms with van der Waals surface area (Å²) in [5, 5.41) is 34.6. The Hall–Kier alpha value is -5.23. The Morgan fingerprint density at radius 1 is 0.717 bits per heavy atom. The molecule has 7 rings (SSSR count). The van der Waals surface area contributed by atoms with E-state index in [0.717, 1.165) is 41.2 Å². The molecule has 0 spiro atoms. The Morgan fingerprint density at radius 2 is 1.28 bits per heavy atom. The number of nitrogens with zero attached hydrogens (tertiary/aromatic N) is 1. The third-order valence-corrected chi connectivity index (χ3v) is 7.84. The molecule has 3 heterocycles. The van der Waals surface area contributed by atoms with Crippen LogP contribution in [-0.2, 0) is 16.0 Å². The molecule has 4 N–H and O–H groups in total. The highest BCUT2D eigenvalue weighted by Crippen LogP contribution is 2.28. The highest BCUT2D eigenvalue weighted by atomic mass is 16.5. The van der Waals surface area contributed by atoms with Crippen LogP contribution < -0.4 is 16.6 Å². The van der Waals surface area contributed by atoms with Gasteiger partial charge in [-0.2, -0.15) is 0 Å². The number of anilines is 1. The van der Waals surface area contributed by atoms with Crippen LogP contribution in [0.2, 0.25) is 0 Å². The van der Waals surface area contributed by atoms with Gasteiger partial charge in [0.15, 0.2) is 0 Å². The second-order valence-electron chi connectivity index (χ2n) is 11.0. The normalized spacial score (nSPS) is 13.6. The average molecular weight is 625 g/mol. The van der Waals surface area contributed by atoms with Crippen LogP contribution in [0.5, 0.6) is 11.5 Å². The second kappa shape index (κ2) is 13.4. The molecule has 1 amide bonds. The zero-order valence-electron chi connectivity index (χ0n) is 24.8. The topological polar surface area (TPSA) is 163 Å². The monoisotopic (exact) mass is 624 g/mol. The molecule has 0 bridgehead atoms. The number of carbonyl (C=O) groups excluding carboxylic acids is 1. The molecule has 11 nitrogen and oxygen atoms in total. The highest BCUT2D eigenvalue weighted by Gasteiger charge is 2.15. The number of benzene rings is 4. The number of aliphatic hydroxyl groups is 1. The van der Waals surface area contributed by atoms with Crippen LogP contribution >= 0.6 is 0 Å². The molecule has 0 radical (unpaired) electrons. The average Bonchev–Trinajstić information content (AvgIpc) is 3.04. The molecule has 0 saturated carbocycles. The van der Waals surface area contributed by atoms with Gasteiger partial charge in [0, 0.05) is 53.7 Å². The summed E-state index contributed by atoms with van der Waals surface area (Å²) in [6.07, 6.45) is 1.39. The minimum atomic E-state index is -0.512. The number of aromatic hydroxyl groups is 2. The molecule has 1 saturated heterocycles. The number of phenols is 2. The van der Waals surface area contributed by atoms with Gasteiger partial charge in [-0.05, 0) is 66.3 Å². The maximum Gasteiger partial charge on any atom is 0.344 e. The van der Waals surface area contributed by atoms with Gasteiger partial charge >= 0.3 is 11.3 Å². The molecule has 236 valence electrons. The highest BCUT2D eigenvalue weighted by molar-refractivity contribution is 6.06. The van der Waals surface area contributed by atoms with Gasteiger partial charge in [0.1, 0.15) is 22.7 Å². The van der Waals surface area contributed by atoms with E-state index < -0.39 is 11.3 Å². The third kappa shape index (κ3) is 6.71. The Labute approximate surface area is 261 Å². The van der Waals surface area contributed by atoms with Crippen molar-refractivity contribution in [3.63, 3.8) is 0 Å². The number of phenolic OH excluding ortho intramolecular Hbond substituents is 2. The fourth-order valence-corrected chi connectivity index (χ4v) is 5.57. The number of carbonyl (C=O) groups is 1. The van der Waals surface area contributed by atoms with Crippen LogP contribution in [0, 0.1) is 0 Å². The predicted octanol–water partition coefficient (Wildman–Crippen LogP) is 4.50. The van der Waals surface area contributed by atoms with Crippen molar-refractivity contribution < 1.29 is 33.7 Å². The Bertz CT molecular complexity index is 2180. The fraction of sp³-hybridized carbons (Fsp3) is 0.229. The number of hydrogen-bond donors (Lipinski definition) is 4. The fourth-order valence-electron chi connectivity index (χ4n) is 5.57. The van der Waals surface area contributed by atoms with E-state index in [4.69, 9.17) is 18.7 Å². The van der Waals surface area contributed by atoms with Gasteiger partial charge in [-0.3, -0.25) is 9.69 Å². The van der Waals surface area contributed by atoms with Crippen LogP contribution in [0.4, 0.5) is 5.69 Å². The molecule has 2 aromatic heterocycles. The molecule has 0 aliphatic carbocycles. The van der Waals surface area contributed by atoms with Crippen molar-refractivity contribution in [1.82, 2.24) is 4.90 Å². The lowest BCUT2D eigenvalue weighted by Crippen LogP contribution is -2.41. The molecule has 6 aromatic rings. The number of hydrogen-bond acceptors (Lipinski definition) is 10. The first-order chi connectivity index (χ1) is 22.3. The van der Waals surface area contributed by atoms with Crippen molar-refractivity contribution in [3.05, 3.63) is 99.2 Å². The molecule has 1 aliphatic heterocycles. The lowest BCUT2D eigenvalue weighted by molar-refractivity contribution is -0.118. The standard InChI is InChI=1S/C19H18N2O5.C16H14O4/c22-13-2-4-15-14-3-1-12(9-16(14)19(24)26-17(15)10-13)20-18(23)11-21-5-7-25-8-6-21;17-7-1-2-10-3-5-12-13-6-4-11(18)9-15(13)20-16(19)14(12)8-10/h1-4,9-10,22H,5-8,11H2,(H,20,23);3-6,8-9,17-18H,1-2,7H2. The molecule has 1 fully saturated rings. The van der Waals surface area contributed by atoms with Gasteiger partial charge in [0.2, 0.25) is 5.91 Å². The van der Waals surface area contributed by atoms with Gasteiger partial charge in [-0.15, -0.1) is 0 Å². The first-order valence-electron chi connectivity index (χ1n) is 14.9. The van der Waals surface area contributed by atoms with E-state index >= 15 is 0 Å². The van der Waals surface area contributed by atoms with E-state index in [0.29, 0.717) is 52.6 Å². The smallest absolute Gasteiger partial charge is 0.344 e. The number of aliphatic hydroxyl groups excluding tert-OH is 1. The van der Waals surface area contributed by atoms with Gasteiger partial charge < -0.3 is 34.2 Å². The minimum absolute atomic E-state index is 0.0343. The van der Waals surface area contributed by atoms with Crippen LogP contribution in [0.15, 0.2) is 91.2 Å². The van der Waals surface area contributed by atoms with Crippen LogP contribution in [-0.4, -0.2) is 65.6 Å². The van der Waals surface area contributed by atoms with Gasteiger partial charge in [-0.25, -0.2) is 9.59 Å². The number of ether oxygens (including phenoxy) is 1. The lowest BCUT2D eigenvalue weighted by atomic mass is 10.0. The third-order valence-electron chi connectivity index (χ3n) is 7.84. The van der Waals surface area contributed by atoms with Crippen LogP contribution in [0.3, 0.4) is 0 Å². The zero-order valence-corrected chi connectivity index (χ0v) is 24.8. The van der Waals surface area contributed by atoms with E-state index in [-0.39, 0.29) is 30.6 Å². The second-order valence-corrected chi connectivity index (χ2v) is 11.0. The van der Waals surface area contributed by atoms with E-state index in [2.05, 4.69) is 5.32 Å². The number of nitrogens with one attached hydrogen (secondary N) is 1. The van der Waals surface area contributed by atoms with Crippen LogP contribution in [0.25, 0.3) is 43.5 Å². The number of rotatable bonds is 6. The van der Waals surface area contributed by atoms with Crippen molar-refractivity contribution >= 4 is 55.1 Å². The Morgan fingerprint density at radius 3 is 1.89 bits per heavy atom. The molecule has 4 aromatic carbocycles.